The Hall–Kier alpha value is -2.94. The van der Waals surface area contributed by atoms with Crippen molar-refractivity contribution in [1.29, 1.82) is 0 Å². The molecule has 0 saturated heterocycles. The molecule has 1 aromatic carbocycles. The number of aromatic nitrogens is 5. The third-order valence-electron chi connectivity index (χ3n) is 3.62. The van der Waals surface area contributed by atoms with Gasteiger partial charge in [-0.05, 0) is 17.7 Å². The summed E-state index contributed by atoms with van der Waals surface area (Å²) in [6, 6.07) is 5.42. The molecule has 9 nitrogen and oxygen atoms in total. The maximum Gasteiger partial charge on any atom is 0.277 e. The average Bonchev–Trinajstić information content (AvgIpc) is 3.06. The molecule has 0 radical (unpaired) electrons. The second-order valence-electron chi connectivity index (χ2n) is 5.07. The zero-order valence-corrected chi connectivity index (χ0v) is 13.3. The van der Waals surface area contributed by atoms with Crippen molar-refractivity contribution in [3.05, 3.63) is 46.1 Å². The highest BCUT2D eigenvalue weighted by molar-refractivity contribution is 5.43. The van der Waals surface area contributed by atoms with E-state index < -0.39 is 0 Å². The number of ether oxygens (including phenoxy) is 2. The van der Waals surface area contributed by atoms with Crippen LogP contribution in [0.5, 0.6) is 11.5 Å². The summed E-state index contributed by atoms with van der Waals surface area (Å²) in [5.41, 5.74) is 0.863. The third kappa shape index (κ3) is 2.81. The Morgan fingerprint density at radius 3 is 2.71 bits per heavy atom. The van der Waals surface area contributed by atoms with Crippen molar-refractivity contribution in [2.24, 2.45) is 0 Å². The van der Waals surface area contributed by atoms with Crippen LogP contribution in [0.15, 0.2) is 29.3 Å². The van der Waals surface area contributed by atoms with Crippen LogP contribution in [0.4, 0.5) is 0 Å². The van der Waals surface area contributed by atoms with Gasteiger partial charge in [-0.1, -0.05) is 6.07 Å². The Labute approximate surface area is 137 Å². The molecular formula is C15H17N5O4. The number of aliphatic hydroxyl groups is 1. The molecule has 24 heavy (non-hydrogen) atoms. The van der Waals surface area contributed by atoms with Crippen LogP contribution in [0.25, 0.3) is 5.78 Å². The lowest BCUT2D eigenvalue weighted by Gasteiger charge is -2.10. The smallest absolute Gasteiger partial charge is 0.277 e. The molecule has 0 saturated carbocycles. The largest absolute Gasteiger partial charge is 0.493 e. The second kappa shape index (κ2) is 6.67. The number of hydrogen-bond acceptors (Lipinski definition) is 7. The van der Waals surface area contributed by atoms with Gasteiger partial charge in [-0.3, -0.25) is 9.36 Å². The summed E-state index contributed by atoms with van der Waals surface area (Å²) in [6.07, 6.45) is 1.72. The Bertz CT molecular complexity index is 918. The minimum atomic E-state index is -0.306. The number of benzene rings is 1. The molecule has 0 fully saturated rings. The Balaban J connectivity index is 2.04. The molecule has 0 aliphatic carbocycles. The minimum Gasteiger partial charge on any atom is -0.493 e. The first kappa shape index (κ1) is 15.9. The normalized spacial score (nSPS) is 11.0. The van der Waals surface area contributed by atoms with E-state index in [4.69, 9.17) is 9.47 Å². The summed E-state index contributed by atoms with van der Waals surface area (Å²) < 4.78 is 13.3. The van der Waals surface area contributed by atoms with Crippen molar-refractivity contribution in [2.75, 3.05) is 20.8 Å². The van der Waals surface area contributed by atoms with Crippen LogP contribution in [0, 0.1) is 0 Å². The van der Waals surface area contributed by atoms with E-state index in [-0.39, 0.29) is 18.7 Å². The predicted octanol–water partition coefficient (Wildman–Crippen LogP) is -0.114. The quantitative estimate of drug-likeness (QED) is 0.672. The molecule has 0 atom stereocenters. The van der Waals surface area contributed by atoms with Crippen LogP contribution in [0.3, 0.4) is 0 Å². The Morgan fingerprint density at radius 2 is 2.00 bits per heavy atom. The number of fused-ring (bicyclic) bond motifs is 1. The van der Waals surface area contributed by atoms with Gasteiger partial charge in [0.05, 0.1) is 27.4 Å². The highest BCUT2D eigenvalue weighted by Gasteiger charge is 2.14. The molecular weight excluding hydrogens is 314 g/mol. The molecule has 0 aliphatic rings. The summed E-state index contributed by atoms with van der Waals surface area (Å²) in [5.74, 6) is 1.49. The van der Waals surface area contributed by atoms with Crippen molar-refractivity contribution in [1.82, 2.24) is 24.4 Å². The van der Waals surface area contributed by atoms with Gasteiger partial charge in [-0.25, -0.2) is 0 Å². The van der Waals surface area contributed by atoms with Gasteiger partial charge in [0.1, 0.15) is 12.0 Å². The van der Waals surface area contributed by atoms with Crippen LogP contribution in [-0.4, -0.2) is 50.3 Å². The minimum absolute atomic E-state index is 0.127. The molecule has 0 unspecified atom stereocenters. The lowest BCUT2D eigenvalue weighted by Crippen LogP contribution is -2.29. The van der Waals surface area contributed by atoms with Gasteiger partial charge >= 0.3 is 0 Å². The summed E-state index contributed by atoms with van der Waals surface area (Å²) in [7, 11) is 3.12. The second-order valence-corrected chi connectivity index (χ2v) is 5.07. The van der Waals surface area contributed by atoms with Crippen molar-refractivity contribution >= 4 is 5.78 Å². The van der Waals surface area contributed by atoms with Crippen LogP contribution >= 0.6 is 0 Å². The lowest BCUT2D eigenvalue weighted by atomic mass is 10.1. The molecule has 0 aliphatic heterocycles. The van der Waals surface area contributed by atoms with E-state index in [1.165, 1.54) is 15.4 Å². The van der Waals surface area contributed by atoms with Gasteiger partial charge in [0.15, 0.2) is 11.5 Å². The van der Waals surface area contributed by atoms with Crippen molar-refractivity contribution in [2.45, 2.75) is 13.0 Å². The third-order valence-corrected chi connectivity index (χ3v) is 3.62. The van der Waals surface area contributed by atoms with Crippen LogP contribution in [0.1, 0.15) is 11.3 Å². The maximum absolute atomic E-state index is 12.6. The van der Waals surface area contributed by atoms with Crippen molar-refractivity contribution in [3.63, 3.8) is 0 Å². The van der Waals surface area contributed by atoms with Crippen LogP contribution in [0.2, 0.25) is 0 Å². The van der Waals surface area contributed by atoms with E-state index in [1.807, 2.05) is 6.07 Å². The number of nitrogens with zero attached hydrogens (tertiary/aromatic N) is 5. The zero-order chi connectivity index (χ0) is 17.1. The molecule has 126 valence electrons. The highest BCUT2D eigenvalue weighted by atomic mass is 16.5. The van der Waals surface area contributed by atoms with E-state index in [0.29, 0.717) is 29.4 Å². The van der Waals surface area contributed by atoms with Crippen LogP contribution < -0.4 is 15.0 Å². The van der Waals surface area contributed by atoms with Gasteiger partial charge in [0.2, 0.25) is 0 Å². The summed E-state index contributed by atoms with van der Waals surface area (Å²) in [4.78, 5) is 12.6. The van der Waals surface area contributed by atoms with Gasteiger partial charge < -0.3 is 14.6 Å². The van der Waals surface area contributed by atoms with Crippen LogP contribution in [-0.2, 0) is 13.0 Å². The van der Waals surface area contributed by atoms with Crippen molar-refractivity contribution in [3.8, 4) is 11.5 Å². The molecule has 3 rings (SSSR count). The fourth-order valence-electron chi connectivity index (χ4n) is 2.49. The SMILES string of the molecule is COc1ccc(Cc2nn3cnnc3n(CCO)c2=O)cc1OC. The van der Waals surface area contributed by atoms with Gasteiger partial charge in [-0.2, -0.15) is 9.61 Å². The molecule has 1 N–H and O–H groups in total. The molecule has 9 heteroatoms. The first-order valence-electron chi connectivity index (χ1n) is 7.29. The summed E-state index contributed by atoms with van der Waals surface area (Å²) >= 11 is 0. The standard InChI is InChI=1S/C15H17N5O4/c1-23-12-4-3-10(8-13(12)24-2)7-11-14(22)19(5-6-21)15-17-16-9-20(15)18-11/h3-4,8-9,21H,5-7H2,1-2H3. The molecule has 0 amide bonds. The highest BCUT2D eigenvalue weighted by Crippen LogP contribution is 2.28. The Morgan fingerprint density at radius 1 is 1.21 bits per heavy atom. The average molecular weight is 331 g/mol. The van der Waals surface area contributed by atoms with E-state index >= 15 is 0 Å². The first-order valence-corrected chi connectivity index (χ1v) is 7.29. The Kier molecular flexibility index (Phi) is 4.43. The fourth-order valence-corrected chi connectivity index (χ4v) is 2.49. The number of hydrogen-bond donors (Lipinski definition) is 1. The van der Waals surface area contributed by atoms with E-state index in [1.54, 1.807) is 26.4 Å². The van der Waals surface area contributed by atoms with Gasteiger partial charge in [0.25, 0.3) is 11.3 Å². The molecule has 2 heterocycles. The molecule has 0 bridgehead atoms. The fraction of sp³-hybridized carbons (Fsp3) is 0.333. The van der Waals surface area contributed by atoms with E-state index in [2.05, 4.69) is 15.3 Å². The topological polar surface area (TPSA) is 104 Å². The first-order chi connectivity index (χ1) is 11.7. The predicted molar refractivity (Wildman–Crippen MR) is 84.5 cm³/mol. The monoisotopic (exact) mass is 331 g/mol. The maximum atomic E-state index is 12.6. The molecule has 3 aromatic rings. The number of methoxy groups -OCH3 is 2. The molecule has 0 spiro atoms. The summed E-state index contributed by atoms with van der Waals surface area (Å²) in [5, 5.41) is 21.1. The number of rotatable bonds is 6. The van der Waals surface area contributed by atoms with Gasteiger partial charge in [0, 0.05) is 6.42 Å². The van der Waals surface area contributed by atoms with Gasteiger partial charge in [-0.15, -0.1) is 10.2 Å². The van der Waals surface area contributed by atoms with E-state index in [9.17, 15) is 9.90 Å². The summed E-state index contributed by atoms with van der Waals surface area (Å²) in [6.45, 7) is -0.0509. The van der Waals surface area contributed by atoms with Crippen molar-refractivity contribution < 1.29 is 14.6 Å². The van der Waals surface area contributed by atoms with E-state index in [0.717, 1.165) is 5.56 Å². The zero-order valence-electron chi connectivity index (χ0n) is 13.3. The molecule has 2 aromatic heterocycles. The lowest BCUT2D eigenvalue weighted by molar-refractivity contribution is 0.274. The number of aliphatic hydroxyl groups excluding tert-OH is 1.